The molecular formula is C7H10O3. The zero-order valence-corrected chi connectivity index (χ0v) is 5.78. The Morgan fingerprint density at radius 2 is 2.40 bits per heavy atom. The largest absolute Gasteiger partial charge is 0.469 e. The maximum atomic E-state index is 10.8. The van der Waals surface area contributed by atoms with Crippen LogP contribution in [-0.2, 0) is 9.53 Å². The van der Waals surface area contributed by atoms with Crippen molar-refractivity contribution in [1.82, 2.24) is 0 Å². The van der Waals surface area contributed by atoms with E-state index in [0.29, 0.717) is 0 Å². The molecule has 0 aromatic carbocycles. The maximum Gasteiger partial charge on any atom is 0.313 e. The number of ether oxygens (including phenoxy) is 1. The highest BCUT2D eigenvalue weighted by atomic mass is 16.5. The molecule has 10 heavy (non-hydrogen) atoms. The molecule has 3 heteroatoms. The molecular weight excluding hydrogens is 132 g/mol. The van der Waals surface area contributed by atoms with Crippen molar-refractivity contribution in [3.05, 3.63) is 12.2 Å². The van der Waals surface area contributed by atoms with Gasteiger partial charge in [-0.2, -0.15) is 0 Å². The molecule has 0 aromatic heterocycles. The van der Waals surface area contributed by atoms with Crippen molar-refractivity contribution < 1.29 is 14.6 Å². The summed E-state index contributed by atoms with van der Waals surface area (Å²) in [4.78, 5) is 10.8. The number of esters is 1. The summed E-state index contributed by atoms with van der Waals surface area (Å²) in [7, 11) is 1.35. The predicted octanol–water partition coefficient (Wildman–Crippen LogP) is -0.0461. The average Bonchev–Trinajstić information content (AvgIpc) is 1.86. The molecule has 0 aliphatic heterocycles. The topological polar surface area (TPSA) is 46.5 Å². The van der Waals surface area contributed by atoms with Crippen LogP contribution in [0, 0.1) is 11.8 Å². The van der Waals surface area contributed by atoms with E-state index in [1.54, 1.807) is 6.08 Å². The van der Waals surface area contributed by atoms with Gasteiger partial charge in [0.2, 0.25) is 0 Å². The second-order valence-electron chi connectivity index (χ2n) is 2.28. The van der Waals surface area contributed by atoms with E-state index in [9.17, 15) is 4.79 Å². The average molecular weight is 142 g/mol. The highest BCUT2D eigenvalue weighted by molar-refractivity contribution is 5.76. The number of methoxy groups -OCH3 is 1. The van der Waals surface area contributed by atoms with E-state index in [-0.39, 0.29) is 24.4 Å². The Morgan fingerprint density at radius 1 is 1.70 bits per heavy atom. The van der Waals surface area contributed by atoms with Gasteiger partial charge >= 0.3 is 5.97 Å². The molecule has 1 rings (SSSR count). The first-order chi connectivity index (χ1) is 4.79. The van der Waals surface area contributed by atoms with Crippen LogP contribution in [0.2, 0.25) is 0 Å². The molecule has 1 aliphatic rings. The summed E-state index contributed by atoms with van der Waals surface area (Å²) in [6.45, 7) is 0.0241. The van der Waals surface area contributed by atoms with Crippen LogP contribution in [0.15, 0.2) is 12.2 Å². The first-order valence-corrected chi connectivity index (χ1v) is 3.16. The van der Waals surface area contributed by atoms with Crippen molar-refractivity contribution in [2.75, 3.05) is 13.7 Å². The zero-order valence-electron chi connectivity index (χ0n) is 5.78. The number of hydrogen-bond donors (Lipinski definition) is 1. The van der Waals surface area contributed by atoms with Gasteiger partial charge in [-0.1, -0.05) is 12.2 Å². The number of aliphatic hydroxyl groups is 1. The van der Waals surface area contributed by atoms with E-state index >= 15 is 0 Å². The number of rotatable bonds is 2. The summed E-state index contributed by atoms with van der Waals surface area (Å²) >= 11 is 0. The minimum absolute atomic E-state index is 0.0209. The number of carbonyl (C=O) groups is 1. The Kier molecular flexibility index (Phi) is 2.06. The molecule has 0 saturated carbocycles. The van der Waals surface area contributed by atoms with E-state index in [4.69, 9.17) is 5.11 Å². The molecule has 0 saturated heterocycles. The highest BCUT2D eigenvalue weighted by Crippen LogP contribution is 2.25. The predicted molar refractivity (Wildman–Crippen MR) is 35.2 cm³/mol. The third-order valence-electron chi connectivity index (χ3n) is 1.71. The molecule has 56 valence electrons. The fourth-order valence-corrected chi connectivity index (χ4v) is 0.943. The second kappa shape index (κ2) is 2.84. The van der Waals surface area contributed by atoms with Gasteiger partial charge in [-0.25, -0.2) is 0 Å². The SMILES string of the molecule is COC(=O)[C@@H]1C=C[C@@H]1CO. The van der Waals surface area contributed by atoms with Crippen molar-refractivity contribution in [2.24, 2.45) is 11.8 Å². The molecule has 1 N–H and O–H groups in total. The summed E-state index contributed by atoms with van der Waals surface area (Å²) in [5, 5.41) is 8.64. The van der Waals surface area contributed by atoms with Gasteiger partial charge in [0, 0.05) is 5.92 Å². The molecule has 0 fully saturated rings. The van der Waals surface area contributed by atoms with Gasteiger partial charge in [-0.3, -0.25) is 4.79 Å². The van der Waals surface area contributed by atoms with E-state index < -0.39 is 0 Å². The second-order valence-corrected chi connectivity index (χ2v) is 2.28. The molecule has 0 amide bonds. The third-order valence-corrected chi connectivity index (χ3v) is 1.71. The van der Waals surface area contributed by atoms with E-state index in [2.05, 4.69) is 4.74 Å². The van der Waals surface area contributed by atoms with Crippen molar-refractivity contribution in [1.29, 1.82) is 0 Å². The molecule has 0 aromatic rings. The molecule has 1 aliphatic carbocycles. The molecule has 2 atom stereocenters. The Hall–Kier alpha value is -0.830. The number of aliphatic hydroxyl groups excluding tert-OH is 1. The van der Waals surface area contributed by atoms with Crippen molar-refractivity contribution >= 4 is 5.97 Å². The van der Waals surface area contributed by atoms with Gasteiger partial charge in [0.25, 0.3) is 0 Å². The van der Waals surface area contributed by atoms with E-state index in [1.807, 2.05) is 6.08 Å². The van der Waals surface area contributed by atoms with Gasteiger partial charge in [-0.05, 0) is 0 Å². The molecule has 0 heterocycles. The normalized spacial score (nSPS) is 29.4. The van der Waals surface area contributed by atoms with Crippen LogP contribution >= 0.6 is 0 Å². The van der Waals surface area contributed by atoms with Gasteiger partial charge in [0.1, 0.15) is 0 Å². The lowest BCUT2D eigenvalue weighted by molar-refractivity contribution is -0.146. The van der Waals surface area contributed by atoms with E-state index in [0.717, 1.165) is 0 Å². The van der Waals surface area contributed by atoms with Crippen LogP contribution in [0.25, 0.3) is 0 Å². The van der Waals surface area contributed by atoms with Crippen LogP contribution in [0.3, 0.4) is 0 Å². The summed E-state index contributed by atoms with van der Waals surface area (Å²) in [5.41, 5.74) is 0. The Morgan fingerprint density at radius 3 is 2.70 bits per heavy atom. The summed E-state index contributed by atoms with van der Waals surface area (Å²) < 4.78 is 4.48. The maximum absolute atomic E-state index is 10.8. The summed E-state index contributed by atoms with van der Waals surface area (Å²) in [5.74, 6) is -0.496. The van der Waals surface area contributed by atoms with Gasteiger partial charge in [0.05, 0.1) is 19.6 Å². The number of hydrogen-bond acceptors (Lipinski definition) is 3. The highest BCUT2D eigenvalue weighted by Gasteiger charge is 2.30. The van der Waals surface area contributed by atoms with Gasteiger partial charge < -0.3 is 9.84 Å². The quantitative estimate of drug-likeness (QED) is 0.434. The van der Waals surface area contributed by atoms with Gasteiger partial charge in [-0.15, -0.1) is 0 Å². The Labute approximate surface area is 59.3 Å². The van der Waals surface area contributed by atoms with Crippen molar-refractivity contribution in [3.8, 4) is 0 Å². The van der Waals surface area contributed by atoms with Crippen molar-refractivity contribution in [3.63, 3.8) is 0 Å². The Balaban J connectivity index is 2.45. The number of carbonyl (C=O) groups excluding carboxylic acids is 1. The first-order valence-electron chi connectivity index (χ1n) is 3.16. The monoisotopic (exact) mass is 142 g/mol. The smallest absolute Gasteiger partial charge is 0.313 e. The molecule has 3 nitrogen and oxygen atoms in total. The fraction of sp³-hybridized carbons (Fsp3) is 0.571. The van der Waals surface area contributed by atoms with Crippen LogP contribution < -0.4 is 0 Å². The lowest BCUT2D eigenvalue weighted by Crippen LogP contribution is -2.30. The lowest BCUT2D eigenvalue weighted by atomic mass is 9.83. The molecule has 0 unspecified atom stereocenters. The van der Waals surface area contributed by atoms with Gasteiger partial charge in [0.15, 0.2) is 0 Å². The zero-order chi connectivity index (χ0) is 7.56. The molecule has 0 spiro atoms. The summed E-state index contributed by atoms with van der Waals surface area (Å²) in [6.07, 6.45) is 3.55. The molecule has 0 bridgehead atoms. The standard InChI is InChI=1S/C7H10O3/c1-10-7(9)6-3-2-5(6)4-8/h2-3,5-6,8H,4H2,1H3/t5-,6-/m1/s1. The fourth-order valence-electron chi connectivity index (χ4n) is 0.943. The van der Waals surface area contributed by atoms with Crippen LogP contribution in [0.5, 0.6) is 0 Å². The molecule has 0 radical (unpaired) electrons. The lowest BCUT2D eigenvalue weighted by Gasteiger charge is -2.24. The van der Waals surface area contributed by atoms with Crippen LogP contribution in [-0.4, -0.2) is 24.8 Å². The first kappa shape index (κ1) is 7.28. The summed E-state index contributed by atoms with van der Waals surface area (Å²) in [6, 6.07) is 0. The Bertz CT molecular complexity index is 162. The van der Waals surface area contributed by atoms with E-state index in [1.165, 1.54) is 7.11 Å². The minimum atomic E-state index is -0.262. The van der Waals surface area contributed by atoms with Crippen molar-refractivity contribution in [2.45, 2.75) is 0 Å². The third kappa shape index (κ3) is 1.04. The van der Waals surface area contributed by atoms with Crippen LogP contribution in [0.1, 0.15) is 0 Å². The van der Waals surface area contributed by atoms with Crippen LogP contribution in [0.4, 0.5) is 0 Å². The minimum Gasteiger partial charge on any atom is -0.469 e.